The molecule has 0 aliphatic rings. The molecule has 0 N–H and O–H groups in total. The molecule has 0 radical (unpaired) electrons. The number of ketones is 2. The molecule has 144 valence electrons. The van der Waals surface area contributed by atoms with Crippen LogP contribution in [0.15, 0.2) is 48.5 Å². The monoisotopic (exact) mass is 366 g/mol. The molecule has 0 atom stereocenters. The summed E-state index contributed by atoms with van der Waals surface area (Å²) in [5.74, 6) is 0.422. The number of rotatable bonds is 9. The van der Waals surface area contributed by atoms with E-state index >= 15 is 0 Å². The fourth-order valence-electron chi connectivity index (χ4n) is 3.10. The molecule has 0 aromatic heterocycles. The second-order valence-corrected chi connectivity index (χ2v) is 8.18. The van der Waals surface area contributed by atoms with Crippen LogP contribution in [0.5, 0.6) is 5.75 Å². The second kappa shape index (κ2) is 9.50. The molecule has 0 aliphatic heterocycles. The van der Waals surface area contributed by atoms with Crippen LogP contribution < -0.4 is 4.74 Å². The first kappa shape index (κ1) is 20.9. The molecule has 0 saturated carbocycles. The number of ether oxygens (including phenoxy) is 1. The second-order valence-electron chi connectivity index (χ2n) is 8.18. The Morgan fingerprint density at radius 3 is 2.19 bits per heavy atom. The molecule has 3 nitrogen and oxygen atoms in total. The van der Waals surface area contributed by atoms with Crippen molar-refractivity contribution in [1.29, 1.82) is 0 Å². The third-order valence-electron chi connectivity index (χ3n) is 4.67. The maximum absolute atomic E-state index is 12.7. The van der Waals surface area contributed by atoms with Crippen LogP contribution in [0.2, 0.25) is 0 Å². The van der Waals surface area contributed by atoms with E-state index in [-0.39, 0.29) is 18.0 Å². The van der Waals surface area contributed by atoms with E-state index < -0.39 is 0 Å². The molecule has 2 aromatic rings. The summed E-state index contributed by atoms with van der Waals surface area (Å²) in [5.41, 5.74) is 2.58. The Hall–Kier alpha value is -2.42. The Morgan fingerprint density at radius 2 is 1.56 bits per heavy atom. The van der Waals surface area contributed by atoms with Gasteiger partial charge in [0.05, 0.1) is 13.5 Å². The summed E-state index contributed by atoms with van der Waals surface area (Å²) in [6, 6.07) is 14.5. The first-order chi connectivity index (χ1) is 12.8. The highest BCUT2D eigenvalue weighted by molar-refractivity contribution is 6.14. The maximum Gasteiger partial charge on any atom is 0.170 e. The van der Waals surface area contributed by atoms with Crippen molar-refractivity contribution >= 4 is 11.6 Å². The van der Waals surface area contributed by atoms with Gasteiger partial charge in [0.25, 0.3) is 0 Å². The van der Waals surface area contributed by atoms with Gasteiger partial charge in [-0.25, -0.2) is 0 Å². The minimum Gasteiger partial charge on any atom is -0.497 e. The van der Waals surface area contributed by atoms with Gasteiger partial charge in [0.2, 0.25) is 0 Å². The molecule has 0 spiro atoms. The number of hydrogen-bond donors (Lipinski definition) is 0. The van der Waals surface area contributed by atoms with Crippen molar-refractivity contribution in [3.05, 3.63) is 65.2 Å². The van der Waals surface area contributed by atoms with Crippen LogP contribution >= 0.6 is 0 Å². The fraction of sp³-hybridized carbons (Fsp3) is 0.417. The molecule has 27 heavy (non-hydrogen) atoms. The lowest BCUT2D eigenvalue weighted by atomic mass is 9.88. The van der Waals surface area contributed by atoms with Crippen LogP contribution in [0.1, 0.15) is 72.7 Å². The number of methoxy groups -OCH3 is 1. The molecule has 0 unspecified atom stereocenters. The number of carbonyl (C=O) groups is 2. The third-order valence-corrected chi connectivity index (χ3v) is 4.67. The summed E-state index contributed by atoms with van der Waals surface area (Å²) in [4.78, 5) is 25.2. The molecule has 0 amide bonds. The van der Waals surface area contributed by atoms with Gasteiger partial charge < -0.3 is 4.74 Å². The van der Waals surface area contributed by atoms with Crippen molar-refractivity contribution in [3.8, 4) is 5.75 Å². The van der Waals surface area contributed by atoms with Gasteiger partial charge >= 0.3 is 0 Å². The zero-order valence-corrected chi connectivity index (χ0v) is 16.9. The first-order valence-electron chi connectivity index (χ1n) is 9.58. The minimum absolute atomic E-state index is 0.106. The van der Waals surface area contributed by atoms with Gasteiger partial charge in [0, 0.05) is 11.1 Å². The minimum atomic E-state index is -0.162. The molecular weight excluding hydrogens is 336 g/mol. The van der Waals surface area contributed by atoms with E-state index in [1.807, 2.05) is 24.3 Å². The van der Waals surface area contributed by atoms with Crippen LogP contribution in [0.25, 0.3) is 0 Å². The molecule has 0 aliphatic carbocycles. The number of hydrogen-bond acceptors (Lipinski definition) is 3. The highest BCUT2D eigenvalue weighted by atomic mass is 16.5. The van der Waals surface area contributed by atoms with Crippen LogP contribution in [0.3, 0.4) is 0 Å². The molecule has 0 saturated heterocycles. The number of benzene rings is 2. The van der Waals surface area contributed by atoms with E-state index in [2.05, 4.69) is 20.8 Å². The van der Waals surface area contributed by atoms with Gasteiger partial charge in [-0.05, 0) is 54.5 Å². The Labute approximate surface area is 162 Å². The smallest absolute Gasteiger partial charge is 0.170 e. The molecule has 2 rings (SSSR count). The highest BCUT2D eigenvalue weighted by Gasteiger charge is 2.17. The standard InChI is InChI=1S/C24H30O3/c1-24(2,3)16-8-7-10-18-9-5-6-11-21(18)23(26)17-22(25)19-12-14-20(27-4)15-13-19/h5-6,9,11-15H,7-8,10,16-17H2,1-4H3. The van der Waals surface area contributed by atoms with Crippen LogP contribution in [-0.4, -0.2) is 18.7 Å². The van der Waals surface area contributed by atoms with Crippen molar-refractivity contribution in [3.63, 3.8) is 0 Å². The predicted molar refractivity (Wildman–Crippen MR) is 110 cm³/mol. The summed E-state index contributed by atoms with van der Waals surface area (Å²) in [6.45, 7) is 6.74. The van der Waals surface area contributed by atoms with Gasteiger partial charge in [-0.3, -0.25) is 9.59 Å². The largest absolute Gasteiger partial charge is 0.497 e. The molecule has 0 heterocycles. The van der Waals surface area contributed by atoms with E-state index in [1.54, 1.807) is 31.4 Å². The average Bonchev–Trinajstić information content (AvgIpc) is 2.64. The Balaban J connectivity index is 2.00. The van der Waals surface area contributed by atoms with E-state index in [0.29, 0.717) is 22.3 Å². The average molecular weight is 367 g/mol. The van der Waals surface area contributed by atoms with Crippen LogP contribution in [-0.2, 0) is 6.42 Å². The zero-order chi connectivity index (χ0) is 19.9. The number of Topliss-reactive ketones (excluding diaryl/α,β-unsaturated/α-hetero) is 2. The predicted octanol–water partition coefficient (Wildman–Crippen LogP) is 5.91. The Morgan fingerprint density at radius 1 is 0.889 bits per heavy atom. The Bertz CT molecular complexity index is 767. The number of aryl methyl sites for hydroxylation is 1. The van der Waals surface area contributed by atoms with Crippen LogP contribution in [0, 0.1) is 5.41 Å². The first-order valence-corrected chi connectivity index (χ1v) is 9.58. The molecule has 0 fully saturated rings. The van der Waals surface area contributed by atoms with Gasteiger partial charge in [0.1, 0.15) is 5.75 Å². The summed E-state index contributed by atoms with van der Waals surface area (Å²) in [5, 5.41) is 0. The summed E-state index contributed by atoms with van der Waals surface area (Å²) >= 11 is 0. The van der Waals surface area contributed by atoms with Gasteiger partial charge in [-0.1, -0.05) is 51.5 Å². The lowest BCUT2D eigenvalue weighted by Gasteiger charge is -2.17. The molecular formula is C24H30O3. The summed E-state index contributed by atoms with van der Waals surface area (Å²) in [6.07, 6.45) is 4.11. The molecule has 2 aromatic carbocycles. The van der Waals surface area contributed by atoms with E-state index in [9.17, 15) is 9.59 Å². The fourth-order valence-corrected chi connectivity index (χ4v) is 3.10. The van der Waals surface area contributed by atoms with Crippen molar-refractivity contribution in [2.45, 2.75) is 52.9 Å². The van der Waals surface area contributed by atoms with Crippen molar-refractivity contribution in [2.75, 3.05) is 7.11 Å². The Kier molecular flexibility index (Phi) is 7.35. The SMILES string of the molecule is COc1ccc(C(=O)CC(=O)c2ccccc2CCCCC(C)(C)C)cc1. The summed E-state index contributed by atoms with van der Waals surface area (Å²) in [7, 11) is 1.58. The van der Waals surface area contributed by atoms with Gasteiger partial charge in [-0.15, -0.1) is 0 Å². The highest BCUT2D eigenvalue weighted by Crippen LogP contribution is 2.23. The van der Waals surface area contributed by atoms with E-state index in [0.717, 1.165) is 24.8 Å². The van der Waals surface area contributed by atoms with E-state index in [1.165, 1.54) is 6.42 Å². The van der Waals surface area contributed by atoms with Crippen molar-refractivity contribution < 1.29 is 14.3 Å². The normalized spacial score (nSPS) is 11.3. The van der Waals surface area contributed by atoms with E-state index in [4.69, 9.17) is 4.74 Å². The maximum atomic E-state index is 12.7. The number of carbonyl (C=O) groups excluding carboxylic acids is 2. The van der Waals surface area contributed by atoms with Crippen molar-refractivity contribution in [2.24, 2.45) is 5.41 Å². The lowest BCUT2D eigenvalue weighted by Crippen LogP contribution is -2.11. The zero-order valence-electron chi connectivity index (χ0n) is 16.9. The third kappa shape index (κ3) is 6.67. The molecule has 3 heteroatoms. The van der Waals surface area contributed by atoms with Gasteiger partial charge in [-0.2, -0.15) is 0 Å². The summed E-state index contributed by atoms with van der Waals surface area (Å²) < 4.78 is 5.10. The topological polar surface area (TPSA) is 43.4 Å². The van der Waals surface area contributed by atoms with Crippen LogP contribution in [0.4, 0.5) is 0 Å². The van der Waals surface area contributed by atoms with Gasteiger partial charge in [0.15, 0.2) is 11.6 Å². The quantitative estimate of drug-likeness (QED) is 0.315. The lowest BCUT2D eigenvalue weighted by molar-refractivity contribution is 0.0893. The van der Waals surface area contributed by atoms with Crippen molar-refractivity contribution in [1.82, 2.24) is 0 Å². The molecule has 0 bridgehead atoms. The number of unbranched alkanes of at least 4 members (excludes halogenated alkanes) is 1.